The van der Waals surface area contributed by atoms with Crippen molar-refractivity contribution in [2.45, 2.75) is 44.6 Å². The second-order valence-corrected chi connectivity index (χ2v) is 7.80. The number of rotatable bonds is 7. The Kier molecular flexibility index (Phi) is 6.60. The highest BCUT2D eigenvalue weighted by atomic mass is 16.5. The van der Waals surface area contributed by atoms with Crippen molar-refractivity contribution < 1.29 is 19.1 Å². The fraction of sp³-hybridized carbons (Fsp3) is 0.360. The summed E-state index contributed by atoms with van der Waals surface area (Å²) >= 11 is 0. The first-order valence-corrected chi connectivity index (χ1v) is 10.6. The van der Waals surface area contributed by atoms with Crippen LogP contribution in [0.3, 0.4) is 0 Å². The van der Waals surface area contributed by atoms with Gasteiger partial charge in [-0.05, 0) is 61.1 Å². The number of hydrogen-bond donors (Lipinski definition) is 1. The van der Waals surface area contributed by atoms with Gasteiger partial charge in [-0.1, -0.05) is 30.3 Å². The first-order valence-electron chi connectivity index (χ1n) is 10.6. The number of ether oxygens (including phenoxy) is 2. The SMILES string of the molecule is O=C(CC1=C(c2ccccc2)CCC1=O)Nc1ccc(OCC2CCCCO2)cc1. The van der Waals surface area contributed by atoms with E-state index in [0.29, 0.717) is 30.7 Å². The van der Waals surface area contributed by atoms with Crippen molar-refractivity contribution in [3.05, 3.63) is 65.7 Å². The van der Waals surface area contributed by atoms with Gasteiger partial charge in [-0.2, -0.15) is 0 Å². The van der Waals surface area contributed by atoms with Crippen molar-refractivity contribution in [2.24, 2.45) is 0 Å². The molecule has 5 heteroatoms. The standard InChI is InChI=1S/C25H27NO4/c27-24-14-13-22(18-6-2-1-3-7-18)23(24)16-25(28)26-19-9-11-20(12-10-19)30-17-21-8-4-5-15-29-21/h1-3,6-7,9-12,21H,4-5,8,13-17H2,(H,26,28). The Labute approximate surface area is 177 Å². The summed E-state index contributed by atoms with van der Waals surface area (Å²) in [4.78, 5) is 24.9. The van der Waals surface area contributed by atoms with Gasteiger partial charge in [0.25, 0.3) is 0 Å². The fourth-order valence-corrected chi connectivity index (χ4v) is 4.00. The number of nitrogens with one attached hydrogen (secondary N) is 1. The number of carbonyl (C=O) groups excluding carboxylic acids is 2. The molecular weight excluding hydrogens is 378 g/mol. The summed E-state index contributed by atoms with van der Waals surface area (Å²) in [7, 11) is 0. The molecule has 156 valence electrons. The molecule has 30 heavy (non-hydrogen) atoms. The highest BCUT2D eigenvalue weighted by Gasteiger charge is 2.25. The Balaban J connectivity index is 1.34. The largest absolute Gasteiger partial charge is 0.491 e. The van der Waals surface area contributed by atoms with E-state index in [1.54, 1.807) is 0 Å². The molecule has 1 amide bonds. The summed E-state index contributed by atoms with van der Waals surface area (Å²) < 4.78 is 11.5. The number of amides is 1. The van der Waals surface area contributed by atoms with Crippen molar-refractivity contribution in [1.29, 1.82) is 0 Å². The number of Topliss-reactive ketones (excluding diaryl/α,β-unsaturated/α-hetero) is 1. The van der Waals surface area contributed by atoms with Gasteiger partial charge in [0.05, 0.1) is 12.5 Å². The van der Waals surface area contributed by atoms with E-state index >= 15 is 0 Å². The molecule has 5 nitrogen and oxygen atoms in total. The summed E-state index contributed by atoms with van der Waals surface area (Å²) in [5.74, 6) is 0.637. The molecule has 4 rings (SSSR count). The van der Waals surface area contributed by atoms with Crippen LogP contribution in [0.25, 0.3) is 5.57 Å². The highest BCUT2D eigenvalue weighted by molar-refractivity contribution is 6.11. The topological polar surface area (TPSA) is 64.6 Å². The van der Waals surface area contributed by atoms with Crippen molar-refractivity contribution in [3.8, 4) is 5.75 Å². The third-order valence-electron chi connectivity index (χ3n) is 5.61. The Morgan fingerprint density at radius 1 is 1.03 bits per heavy atom. The minimum Gasteiger partial charge on any atom is -0.491 e. The van der Waals surface area contributed by atoms with Gasteiger partial charge in [0.2, 0.25) is 5.91 Å². The molecule has 1 aliphatic heterocycles. The second-order valence-electron chi connectivity index (χ2n) is 7.80. The fourth-order valence-electron chi connectivity index (χ4n) is 4.00. The van der Waals surface area contributed by atoms with E-state index in [2.05, 4.69) is 5.32 Å². The molecule has 1 unspecified atom stereocenters. The molecule has 0 bridgehead atoms. The molecule has 0 spiro atoms. The van der Waals surface area contributed by atoms with Crippen LogP contribution >= 0.6 is 0 Å². The Hall–Kier alpha value is -2.92. The van der Waals surface area contributed by atoms with Gasteiger partial charge in [-0.25, -0.2) is 0 Å². The van der Waals surface area contributed by atoms with Crippen LogP contribution in [0.1, 0.15) is 44.1 Å². The number of benzene rings is 2. The molecular formula is C25H27NO4. The zero-order chi connectivity index (χ0) is 20.8. The third kappa shape index (κ3) is 5.16. The van der Waals surface area contributed by atoms with Crippen LogP contribution in [0, 0.1) is 0 Å². The Bertz CT molecular complexity index is 912. The quantitative estimate of drug-likeness (QED) is 0.720. The predicted octanol–water partition coefficient (Wildman–Crippen LogP) is 4.78. The van der Waals surface area contributed by atoms with Gasteiger partial charge < -0.3 is 14.8 Å². The monoisotopic (exact) mass is 405 g/mol. The molecule has 1 heterocycles. The lowest BCUT2D eigenvalue weighted by Crippen LogP contribution is -2.25. The summed E-state index contributed by atoms with van der Waals surface area (Å²) in [6, 6.07) is 17.1. The molecule has 2 aromatic rings. The maximum atomic E-state index is 12.6. The van der Waals surface area contributed by atoms with Crippen LogP contribution in [0.5, 0.6) is 5.75 Å². The average Bonchev–Trinajstić information content (AvgIpc) is 3.14. The van der Waals surface area contributed by atoms with E-state index in [1.165, 1.54) is 6.42 Å². The Morgan fingerprint density at radius 3 is 2.57 bits per heavy atom. The van der Waals surface area contributed by atoms with Crippen molar-refractivity contribution >= 4 is 23.0 Å². The van der Waals surface area contributed by atoms with E-state index in [1.807, 2.05) is 54.6 Å². The maximum Gasteiger partial charge on any atom is 0.228 e. The first kappa shape index (κ1) is 20.4. The predicted molar refractivity (Wildman–Crippen MR) is 116 cm³/mol. The van der Waals surface area contributed by atoms with Crippen molar-refractivity contribution in [3.63, 3.8) is 0 Å². The van der Waals surface area contributed by atoms with Crippen LogP contribution in [-0.4, -0.2) is 31.0 Å². The van der Waals surface area contributed by atoms with Gasteiger partial charge in [-0.15, -0.1) is 0 Å². The minimum absolute atomic E-state index is 0.0673. The molecule has 1 atom stereocenters. The highest BCUT2D eigenvalue weighted by Crippen LogP contribution is 2.33. The van der Waals surface area contributed by atoms with Gasteiger partial charge in [-0.3, -0.25) is 9.59 Å². The van der Waals surface area contributed by atoms with Crippen molar-refractivity contribution in [2.75, 3.05) is 18.5 Å². The number of hydrogen-bond acceptors (Lipinski definition) is 4. The number of ketones is 1. The molecule has 0 radical (unpaired) electrons. The molecule has 2 aromatic carbocycles. The molecule has 1 N–H and O–H groups in total. The van der Waals surface area contributed by atoms with Crippen LogP contribution in [0.4, 0.5) is 5.69 Å². The van der Waals surface area contributed by atoms with Gasteiger partial charge in [0.15, 0.2) is 5.78 Å². The zero-order valence-electron chi connectivity index (χ0n) is 17.1. The number of anilines is 1. The lowest BCUT2D eigenvalue weighted by atomic mass is 10.00. The van der Waals surface area contributed by atoms with Crippen LogP contribution in [-0.2, 0) is 14.3 Å². The van der Waals surface area contributed by atoms with E-state index in [4.69, 9.17) is 9.47 Å². The molecule has 1 fully saturated rings. The summed E-state index contributed by atoms with van der Waals surface area (Å²) in [5.41, 5.74) is 3.33. The molecule has 1 aliphatic carbocycles. The van der Waals surface area contributed by atoms with E-state index < -0.39 is 0 Å². The normalized spacial score (nSPS) is 19.1. The van der Waals surface area contributed by atoms with Crippen LogP contribution < -0.4 is 10.1 Å². The summed E-state index contributed by atoms with van der Waals surface area (Å²) in [6.07, 6.45) is 4.78. The lowest BCUT2D eigenvalue weighted by molar-refractivity contribution is -0.119. The second kappa shape index (κ2) is 9.72. The van der Waals surface area contributed by atoms with Gasteiger partial charge in [0.1, 0.15) is 12.4 Å². The molecule has 0 saturated carbocycles. The maximum absolute atomic E-state index is 12.6. The first-order chi connectivity index (χ1) is 14.7. The minimum atomic E-state index is -0.182. The van der Waals surface area contributed by atoms with E-state index in [9.17, 15) is 9.59 Å². The molecule has 1 saturated heterocycles. The molecule has 2 aliphatic rings. The lowest BCUT2D eigenvalue weighted by Gasteiger charge is -2.22. The smallest absolute Gasteiger partial charge is 0.228 e. The summed E-state index contributed by atoms with van der Waals surface area (Å²) in [5, 5.41) is 2.89. The third-order valence-corrected chi connectivity index (χ3v) is 5.61. The number of allylic oxidation sites excluding steroid dienone is 1. The number of carbonyl (C=O) groups is 2. The zero-order valence-corrected chi connectivity index (χ0v) is 17.1. The van der Waals surface area contributed by atoms with Gasteiger partial charge in [0, 0.05) is 24.3 Å². The van der Waals surface area contributed by atoms with E-state index in [0.717, 1.165) is 36.3 Å². The molecule has 0 aromatic heterocycles. The Morgan fingerprint density at radius 2 is 1.83 bits per heavy atom. The average molecular weight is 405 g/mol. The van der Waals surface area contributed by atoms with Gasteiger partial charge >= 0.3 is 0 Å². The van der Waals surface area contributed by atoms with Crippen LogP contribution in [0.15, 0.2) is 60.2 Å². The van der Waals surface area contributed by atoms with E-state index in [-0.39, 0.29) is 24.2 Å². The van der Waals surface area contributed by atoms with Crippen LogP contribution in [0.2, 0.25) is 0 Å². The summed E-state index contributed by atoms with van der Waals surface area (Å²) in [6.45, 7) is 1.36. The van der Waals surface area contributed by atoms with Crippen molar-refractivity contribution in [1.82, 2.24) is 0 Å².